The Kier molecular flexibility index (Phi) is 20.0. The molecule has 272 valence electrons. The van der Waals surface area contributed by atoms with E-state index in [1.54, 1.807) is 28.0 Å². The van der Waals surface area contributed by atoms with Gasteiger partial charge in [0, 0.05) is 52.4 Å². The Morgan fingerprint density at radius 3 is 1.56 bits per heavy atom. The average Bonchev–Trinajstić information content (AvgIpc) is 3.05. The van der Waals surface area contributed by atoms with Gasteiger partial charge >= 0.3 is 24.1 Å². The van der Waals surface area contributed by atoms with Crippen molar-refractivity contribution < 1.29 is 58.6 Å². The monoisotopic (exact) mass is 686 g/mol. The maximum atomic E-state index is 12.4. The van der Waals surface area contributed by atoms with Gasteiger partial charge in [-0.2, -0.15) is 0 Å². The van der Waals surface area contributed by atoms with Gasteiger partial charge in [-0.3, -0.25) is 24.4 Å². The number of carboxylic acids is 2. The molecular weight excluding hydrogens is 636 g/mol. The van der Waals surface area contributed by atoms with E-state index in [0.717, 1.165) is 0 Å². The van der Waals surface area contributed by atoms with Crippen LogP contribution in [0.25, 0.3) is 0 Å². The zero-order valence-corrected chi connectivity index (χ0v) is 27.5. The lowest BCUT2D eigenvalue weighted by Crippen LogP contribution is -2.48. The van der Waals surface area contributed by atoms with Crippen molar-refractivity contribution in [1.82, 2.24) is 30.3 Å². The fourth-order valence-corrected chi connectivity index (χ4v) is 4.89. The van der Waals surface area contributed by atoms with Gasteiger partial charge in [0.25, 0.3) is 0 Å². The number of nitrogens with zero attached hydrogens (tertiary/aromatic N) is 4. The zero-order valence-electron chi connectivity index (χ0n) is 27.5. The Bertz CT molecular complexity index is 1040. The fourth-order valence-electron chi connectivity index (χ4n) is 4.89. The largest absolute Gasteiger partial charge is 0.480 e. The summed E-state index contributed by atoms with van der Waals surface area (Å²) in [5.41, 5.74) is 1.22. The summed E-state index contributed by atoms with van der Waals surface area (Å²) in [5, 5.41) is 42.8. The normalized spacial score (nSPS) is 16.1. The quantitative estimate of drug-likeness (QED) is 0.0883. The summed E-state index contributed by atoms with van der Waals surface area (Å²) >= 11 is 0. The van der Waals surface area contributed by atoms with Crippen molar-refractivity contribution in [2.24, 2.45) is 0 Å². The van der Waals surface area contributed by atoms with Crippen molar-refractivity contribution in [3.63, 3.8) is 0 Å². The molecule has 0 saturated heterocycles. The van der Waals surface area contributed by atoms with Crippen molar-refractivity contribution in [3.05, 3.63) is 29.6 Å². The van der Waals surface area contributed by atoms with Crippen LogP contribution in [-0.2, 0) is 41.6 Å². The van der Waals surface area contributed by atoms with Crippen molar-refractivity contribution in [2.75, 3.05) is 99.2 Å². The zero-order chi connectivity index (χ0) is 35.1. The highest BCUT2D eigenvalue weighted by atomic mass is 16.6. The van der Waals surface area contributed by atoms with Gasteiger partial charge in [0.1, 0.15) is 25.3 Å². The standard InChI is InChI=1S/C30H50N6O12/c1-34-9-11-35(25(27(39)40)5-7-31-29(43)47-19-17-45-15-13-37)21-23-3-2-4-24(33-23)22-36(12-10-34)26(28(41)42)6-8-32-30(44)48-20-18-46-16-14-38/h2-4,25-26,37-38H,5-22H2,1H3,(H,31,43)(H,32,44)(H,39,40)(H,41,42). The Labute approximate surface area is 279 Å². The second-order valence-electron chi connectivity index (χ2n) is 10.9. The molecule has 2 amide bonds. The molecule has 2 rings (SSSR count). The molecule has 6 N–H and O–H groups in total. The molecule has 2 heterocycles. The van der Waals surface area contributed by atoms with E-state index in [1.807, 2.05) is 11.9 Å². The number of fused-ring (bicyclic) bond motifs is 2. The van der Waals surface area contributed by atoms with E-state index < -0.39 is 36.2 Å². The SMILES string of the molecule is CN1CCN(C(CCNC(=O)OCCOCCO)C(=O)O)Cc2cccc(n2)CN(C(CCNC(=O)OCCOCCO)C(=O)O)CC1. The number of likely N-dealkylation sites (N-methyl/N-ethyl adjacent to an activating group) is 1. The molecule has 1 aliphatic rings. The van der Waals surface area contributed by atoms with Crippen molar-refractivity contribution >= 4 is 24.1 Å². The van der Waals surface area contributed by atoms with Gasteiger partial charge in [0.15, 0.2) is 0 Å². The van der Waals surface area contributed by atoms with E-state index in [9.17, 15) is 29.4 Å². The van der Waals surface area contributed by atoms with Crippen LogP contribution in [0.4, 0.5) is 9.59 Å². The molecule has 2 atom stereocenters. The molecule has 18 nitrogen and oxygen atoms in total. The van der Waals surface area contributed by atoms with Crippen LogP contribution < -0.4 is 10.6 Å². The summed E-state index contributed by atoms with van der Waals surface area (Å²) in [6, 6.07) is 3.49. The number of carboxylic acid groups (broad SMARTS) is 2. The lowest BCUT2D eigenvalue weighted by Gasteiger charge is -2.33. The number of aliphatic hydroxyl groups is 2. The molecule has 0 fully saturated rings. The van der Waals surface area contributed by atoms with E-state index in [1.165, 1.54) is 0 Å². The number of amides is 2. The van der Waals surface area contributed by atoms with E-state index >= 15 is 0 Å². The van der Waals surface area contributed by atoms with Gasteiger partial charge in [-0.05, 0) is 32.0 Å². The smallest absolute Gasteiger partial charge is 0.407 e. The molecule has 0 aromatic carbocycles. The molecule has 2 bridgehead atoms. The summed E-state index contributed by atoms with van der Waals surface area (Å²) in [7, 11) is 1.87. The van der Waals surface area contributed by atoms with E-state index in [2.05, 4.69) is 10.6 Å². The molecule has 18 heteroatoms. The first-order valence-corrected chi connectivity index (χ1v) is 15.9. The van der Waals surface area contributed by atoms with Crippen molar-refractivity contribution in [3.8, 4) is 0 Å². The summed E-state index contributed by atoms with van der Waals surface area (Å²) in [6.45, 7) is 2.49. The number of alkyl carbamates (subject to hydrolysis) is 2. The predicted molar refractivity (Wildman–Crippen MR) is 169 cm³/mol. The number of ether oxygens (including phenoxy) is 4. The first kappa shape index (κ1) is 40.5. The molecule has 1 aliphatic heterocycles. The number of carbonyl (C=O) groups excluding carboxylic acids is 2. The third kappa shape index (κ3) is 16.4. The van der Waals surface area contributed by atoms with Crippen molar-refractivity contribution in [2.45, 2.75) is 38.0 Å². The van der Waals surface area contributed by atoms with Gasteiger partial charge in [0.2, 0.25) is 0 Å². The molecule has 2 unspecified atom stereocenters. The number of hydrogen-bond acceptors (Lipinski definition) is 14. The number of aliphatic hydroxyl groups excluding tert-OH is 2. The highest BCUT2D eigenvalue weighted by Gasteiger charge is 2.29. The number of nitrogens with one attached hydrogen (secondary N) is 2. The maximum absolute atomic E-state index is 12.4. The highest BCUT2D eigenvalue weighted by molar-refractivity contribution is 5.74. The van der Waals surface area contributed by atoms with Crippen LogP contribution in [0.3, 0.4) is 0 Å². The summed E-state index contributed by atoms with van der Waals surface area (Å²) in [4.78, 5) is 59.0. The van der Waals surface area contributed by atoms with Crippen LogP contribution in [0.5, 0.6) is 0 Å². The molecule has 0 aliphatic carbocycles. The van der Waals surface area contributed by atoms with Crippen LogP contribution in [-0.4, -0.2) is 175 Å². The number of aromatic nitrogens is 1. The minimum Gasteiger partial charge on any atom is -0.480 e. The van der Waals surface area contributed by atoms with Gasteiger partial charge in [-0.25, -0.2) is 9.59 Å². The molecule has 0 radical (unpaired) electrons. The lowest BCUT2D eigenvalue weighted by atomic mass is 10.1. The number of pyridine rings is 1. The van der Waals surface area contributed by atoms with Gasteiger partial charge < -0.3 is 54.9 Å². The molecule has 48 heavy (non-hydrogen) atoms. The van der Waals surface area contributed by atoms with Crippen molar-refractivity contribution in [1.29, 1.82) is 0 Å². The van der Waals surface area contributed by atoms with Crippen LogP contribution in [0.1, 0.15) is 24.2 Å². The van der Waals surface area contributed by atoms with Crippen LogP contribution >= 0.6 is 0 Å². The number of rotatable bonds is 20. The second kappa shape index (κ2) is 23.6. The Morgan fingerprint density at radius 1 is 0.729 bits per heavy atom. The van der Waals surface area contributed by atoms with Crippen LogP contribution in [0.15, 0.2) is 18.2 Å². The first-order chi connectivity index (χ1) is 23.1. The van der Waals surface area contributed by atoms with E-state index in [4.69, 9.17) is 34.1 Å². The Balaban J connectivity index is 2.04. The molecule has 0 saturated carbocycles. The minimum absolute atomic E-state index is 0.00565. The Morgan fingerprint density at radius 2 is 1.17 bits per heavy atom. The average molecular weight is 687 g/mol. The molecular formula is C30H50N6O12. The number of hydrogen-bond donors (Lipinski definition) is 6. The van der Waals surface area contributed by atoms with Crippen LogP contribution in [0.2, 0.25) is 0 Å². The van der Waals surface area contributed by atoms with Gasteiger partial charge in [-0.15, -0.1) is 0 Å². The fraction of sp³-hybridized carbons (Fsp3) is 0.700. The summed E-state index contributed by atoms with van der Waals surface area (Å²) in [5.74, 6) is -2.09. The molecule has 1 aromatic heterocycles. The second-order valence-corrected chi connectivity index (χ2v) is 10.9. The third-order valence-corrected chi connectivity index (χ3v) is 7.35. The van der Waals surface area contributed by atoms with Gasteiger partial charge in [0.05, 0.1) is 51.0 Å². The topological polar surface area (TPSA) is 233 Å². The maximum Gasteiger partial charge on any atom is 0.407 e. The summed E-state index contributed by atoms with van der Waals surface area (Å²) in [6.07, 6.45) is -1.17. The van der Waals surface area contributed by atoms with E-state index in [-0.39, 0.29) is 91.9 Å². The Hall–Kier alpha value is -3.65. The summed E-state index contributed by atoms with van der Waals surface area (Å²) < 4.78 is 20.1. The number of aliphatic carboxylic acids is 2. The lowest BCUT2D eigenvalue weighted by molar-refractivity contribution is -0.144. The number of carbonyl (C=O) groups is 4. The van der Waals surface area contributed by atoms with E-state index in [0.29, 0.717) is 37.6 Å². The minimum atomic E-state index is -1.04. The molecule has 1 aromatic rings. The van der Waals surface area contributed by atoms with Crippen LogP contribution in [0, 0.1) is 0 Å². The van der Waals surface area contributed by atoms with Gasteiger partial charge in [-0.1, -0.05) is 6.07 Å². The first-order valence-electron chi connectivity index (χ1n) is 15.9. The third-order valence-electron chi connectivity index (χ3n) is 7.35. The predicted octanol–water partition coefficient (Wildman–Crippen LogP) is -1.21. The highest BCUT2D eigenvalue weighted by Crippen LogP contribution is 2.15. The molecule has 0 spiro atoms.